The molecule has 0 aliphatic rings. The Kier molecular flexibility index (Phi) is 4.91. The third-order valence-electron chi connectivity index (χ3n) is 1.24. The predicted octanol–water partition coefficient (Wildman–Crippen LogP) is -0.368. The van der Waals surface area contributed by atoms with E-state index < -0.39 is 19.8 Å². The van der Waals surface area contributed by atoms with E-state index in [0.717, 1.165) is 0 Å². The highest BCUT2D eigenvalue weighted by Crippen LogP contribution is 2.43. The van der Waals surface area contributed by atoms with E-state index in [4.69, 9.17) is 15.3 Å². The Morgan fingerprint density at radius 3 is 1.90 bits per heavy atom. The minimum absolute atomic E-state index is 0.0516. The molecule has 0 atom stereocenters. The average molecular weight is 168 g/mol. The van der Waals surface area contributed by atoms with E-state index in [-0.39, 0.29) is 12.8 Å². The molecule has 0 spiro atoms. The number of aliphatic hydroxyl groups is 3. The molecule has 0 aromatic rings. The molecule has 4 nitrogen and oxygen atoms in total. The van der Waals surface area contributed by atoms with Crippen molar-refractivity contribution < 1.29 is 19.9 Å². The van der Waals surface area contributed by atoms with Crippen molar-refractivity contribution in [1.29, 1.82) is 0 Å². The van der Waals surface area contributed by atoms with Crippen LogP contribution in [0.15, 0.2) is 0 Å². The van der Waals surface area contributed by atoms with Crippen LogP contribution >= 0.6 is 7.14 Å². The van der Waals surface area contributed by atoms with E-state index in [1.807, 2.05) is 0 Å². The van der Waals surface area contributed by atoms with Crippen molar-refractivity contribution in [2.75, 3.05) is 25.5 Å². The zero-order valence-corrected chi connectivity index (χ0v) is 6.63. The van der Waals surface area contributed by atoms with Crippen LogP contribution in [0.3, 0.4) is 0 Å². The highest BCUT2D eigenvalue weighted by Gasteiger charge is 2.18. The maximum absolute atomic E-state index is 11.1. The topological polar surface area (TPSA) is 77.8 Å². The van der Waals surface area contributed by atoms with Crippen LogP contribution < -0.4 is 0 Å². The molecule has 0 aliphatic carbocycles. The highest BCUT2D eigenvalue weighted by molar-refractivity contribution is 7.63. The van der Waals surface area contributed by atoms with Crippen molar-refractivity contribution in [3.05, 3.63) is 0 Å². The normalized spacial score (nSPS) is 11.9. The Balaban J connectivity index is 3.70. The van der Waals surface area contributed by atoms with Crippen LogP contribution in [0.4, 0.5) is 0 Å². The van der Waals surface area contributed by atoms with E-state index >= 15 is 0 Å². The van der Waals surface area contributed by atoms with Gasteiger partial charge in [-0.2, -0.15) is 0 Å². The molecule has 10 heavy (non-hydrogen) atoms. The lowest BCUT2D eigenvalue weighted by atomic mass is 10.5. The molecule has 0 heterocycles. The first-order chi connectivity index (χ1) is 4.68. The number of hydrogen-bond acceptors (Lipinski definition) is 4. The van der Waals surface area contributed by atoms with Crippen molar-refractivity contribution in [1.82, 2.24) is 0 Å². The van der Waals surface area contributed by atoms with Crippen LogP contribution in [-0.2, 0) is 4.57 Å². The summed E-state index contributed by atoms with van der Waals surface area (Å²) >= 11 is 0. The predicted molar refractivity (Wildman–Crippen MR) is 38.3 cm³/mol. The zero-order chi connectivity index (χ0) is 8.04. The van der Waals surface area contributed by atoms with Gasteiger partial charge in [-0.15, -0.1) is 0 Å². The molecule has 3 N–H and O–H groups in total. The Morgan fingerprint density at radius 2 is 1.60 bits per heavy atom. The molecular formula is C5H13O4P. The maximum Gasteiger partial charge on any atom is 0.136 e. The Bertz CT molecular complexity index is 117. The molecule has 0 unspecified atom stereocenters. The Morgan fingerprint density at radius 1 is 1.10 bits per heavy atom. The van der Waals surface area contributed by atoms with Gasteiger partial charge in [0.15, 0.2) is 0 Å². The van der Waals surface area contributed by atoms with Crippen LogP contribution in [0.5, 0.6) is 0 Å². The summed E-state index contributed by atoms with van der Waals surface area (Å²) in [5.74, 6) is 0. The van der Waals surface area contributed by atoms with Crippen LogP contribution in [-0.4, -0.2) is 40.8 Å². The van der Waals surface area contributed by atoms with Gasteiger partial charge in [0.2, 0.25) is 0 Å². The largest absolute Gasteiger partial charge is 0.396 e. The number of hydrogen-bond donors (Lipinski definition) is 3. The second-order valence-electron chi connectivity index (χ2n) is 2.14. The van der Waals surface area contributed by atoms with Gasteiger partial charge in [0.1, 0.15) is 7.14 Å². The first-order valence-electron chi connectivity index (χ1n) is 3.08. The van der Waals surface area contributed by atoms with E-state index in [9.17, 15) is 4.57 Å². The molecule has 0 radical (unpaired) electrons. The molecule has 0 saturated carbocycles. The molecule has 0 bridgehead atoms. The van der Waals surface area contributed by atoms with Gasteiger partial charge in [-0.1, -0.05) is 0 Å². The van der Waals surface area contributed by atoms with Gasteiger partial charge in [0.05, 0.1) is 12.7 Å². The fourth-order valence-corrected chi connectivity index (χ4v) is 1.64. The smallest absolute Gasteiger partial charge is 0.136 e. The van der Waals surface area contributed by atoms with Crippen molar-refractivity contribution in [3.8, 4) is 0 Å². The van der Waals surface area contributed by atoms with Gasteiger partial charge in [-0.25, -0.2) is 0 Å². The average Bonchev–Trinajstić information content (AvgIpc) is 2.00. The first kappa shape index (κ1) is 10.1. The lowest BCUT2D eigenvalue weighted by Gasteiger charge is -2.10. The number of aliphatic hydroxyl groups excluding tert-OH is 3. The molecule has 0 aromatic heterocycles. The van der Waals surface area contributed by atoms with Gasteiger partial charge >= 0.3 is 0 Å². The minimum Gasteiger partial charge on any atom is -0.396 e. The summed E-state index contributed by atoms with van der Waals surface area (Å²) in [4.78, 5) is 0. The summed E-state index contributed by atoms with van der Waals surface area (Å²) < 4.78 is 11.1. The van der Waals surface area contributed by atoms with E-state index in [1.54, 1.807) is 0 Å². The second kappa shape index (κ2) is 4.85. The monoisotopic (exact) mass is 168 g/mol. The SMILES string of the molecule is O=P(CO)(CO)CCCO. The summed E-state index contributed by atoms with van der Waals surface area (Å²) in [5, 5.41) is 25.4. The summed E-state index contributed by atoms with van der Waals surface area (Å²) in [6.07, 6.45) is -0.345. The lowest BCUT2D eigenvalue weighted by molar-refractivity contribution is 0.291. The Hall–Kier alpha value is 0.110. The second-order valence-corrected chi connectivity index (χ2v) is 5.27. The van der Waals surface area contributed by atoms with Crippen LogP contribution in [0, 0.1) is 0 Å². The lowest BCUT2D eigenvalue weighted by Crippen LogP contribution is -2.00. The molecule has 0 amide bonds. The Labute approximate surface area is 59.9 Å². The van der Waals surface area contributed by atoms with E-state index in [0.29, 0.717) is 6.42 Å². The van der Waals surface area contributed by atoms with Gasteiger partial charge in [0, 0.05) is 12.8 Å². The molecular weight excluding hydrogens is 155 g/mol. The number of rotatable bonds is 5. The molecule has 0 aromatic carbocycles. The van der Waals surface area contributed by atoms with Gasteiger partial charge < -0.3 is 19.9 Å². The summed E-state index contributed by atoms with van der Waals surface area (Å²) in [6.45, 7) is -0.0516. The molecule has 0 aliphatic heterocycles. The fraction of sp³-hybridized carbons (Fsp3) is 1.00. The molecule has 0 rings (SSSR count). The summed E-state index contributed by atoms with van der Waals surface area (Å²) in [6, 6.07) is 0. The third kappa shape index (κ3) is 3.32. The van der Waals surface area contributed by atoms with Crippen molar-refractivity contribution in [2.45, 2.75) is 6.42 Å². The van der Waals surface area contributed by atoms with E-state index in [1.165, 1.54) is 0 Å². The maximum atomic E-state index is 11.1. The molecule has 0 fully saturated rings. The van der Waals surface area contributed by atoms with Crippen LogP contribution in [0.2, 0.25) is 0 Å². The van der Waals surface area contributed by atoms with Crippen molar-refractivity contribution in [2.24, 2.45) is 0 Å². The fourth-order valence-electron chi connectivity index (χ4n) is 0.545. The van der Waals surface area contributed by atoms with Gasteiger partial charge in [0.25, 0.3) is 0 Å². The molecule has 62 valence electrons. The highest BCUT2D eigenvalue weighted by atomic mass is 31.2. The van der Waals surface area contributed by atoms with Gasteiger partial charge in [-0.3, -0.25) is 0 Å². The van der Waals surface area contributed by atoms with Crippen LogP contribution in [0.1, 0.15) is 6.42 Å². The molecule has 0 saturated heterocycles. The van der Waals surface area contributed by atoms with Gasteiger partial charge in [-0.05, 0) is 6.42 Å². The summed E-state index contributed by atoms with van der Waals surface area (Å²) in [7, 11) is -2.75. The van der Waals surface area contributed by atoms with E-state index in [2.05, 4.69) is 0 Å². The van der Waals surface area contributed by atoms with Crippen molar-refractivity contribution in [3.63, 3.8) is 0 Å². The minimum atomic E-state index is -2.75. The molecule has 5 heteroatoms. The zero-order valence-electron chi connectivity index (χ0n) is 5.73. The summed E-state index contributed by atoms with van der Waals surface area (Å²) in [5.41, 5.74) is 0. The van der Waals surface area contributed by atoms with Crippen molar-refractivity contribution >= 4 is 7.14 Å². The first-order valence-corrected chi connectivity index (χ1v) is 5.34. The standard InChI is InChI=1S/C5H13O4P/c6-2-1-3-10(9,4-7)5-8/h6-8H,1-5H2. The van der Waals surface area contributed by atoms with Crippen LogP contribution in [0.25, 0.3) is 0 Å². The quantitative estimate of drug-likeness (QED) is 0.489. The third-order valence-corrected chi connectivity index (χ3v) is 3.40.